The maximum absolute atomic E-state index is 6.13. The highest BCUT2D eigenvalue weighted by Crippen LogP contribution is 2.38. The van der Waals surface area contributed by atoms with E-state index in [1.54, 1.807) is 0 Å². The third kappa shape index (κ3) is 2.42. The Kier molecular flexibility index (Phi) is 3.60. The van der Waals surface area contributed by atoms with Gasteiger partial charge in [0, 0.05) is 36.7 Å². The molecule has 2 heterocycles. The lowest BCUT2D eigenvalue weighted by atomic mass is 9.68. The molecule has 0 amide bonds. The van der Waals surface area contributed by atoms with Crippen LogP contribution in [0.3, 0.4) is 0 Å². The zero-order valence-electron chi connectivity index (χ0n) is 10.6. The van der Waals surface area contributed by atoms with E-state index in [1.807, 2.05) is 6.07 Å². The summed E-state index contributed by atoms with van der Waals surface area (Å²) in [6, 6.07) is 8.40. The fourth-order valence-electron chi connectivity index (χ4n) is 3.21. The van der Waals surface area contributed by atoms with Crippen molar-refractivity contribution < 1.29 is 4.74 Å². The van der Waals surface area contributed by atoms with Crippen molar-refractivity contribution in [1.82, 2.24) is 5.32 Å². The van der Waals surface area contributed by atoms with Crippen molar-refractivity contribution in [1.29, 1.82) is 0 Å². The lowest BCUT2D eigenvalue weighted by Gasteiger charge is -2.46. The summed E-state index contributed by atoms with van der Waals surface area (Å²) in [5, 5.41) is 4.29. The highest BCUT2D eigenvalue weighted by Gasteiger charge is 2.40. The van der Waals surface area contributed by atoms with Gasteiger partial charge in [-0.3, -0.25) is 0 Å². The molecule has 0 radical (unpaired) electrons. The normalized spacial score (nSPS) is 23.6. The van der Waals surface area contributed by atoms with Gasteiger partial charge in [0.1, 0.15) is 0 Å². The first kappa shape index (κ1) is 12.5. The minimum Gasteiger partial charge on any atom is -0.381 e. The van der Waals surface area contributed by atoms with E-state index in [4.69, 9.17) is 16.3 Å². The highest BCUT2D eigenvalue weighted by molar-refractivity contribution is 6.30. The third-order valence-corrected chi connectivity index (χ3v) is 4.62. The topological polar surface area (TPSA) is 21.3 Å². The molecule has 18 heavy (non-hydrogen) atoms. The molecule has 0 aliphatic carbocycles. The first-order valence-electron chi connectivity index (χ1n) is 6.83. The Morgan fingerprint density at radius 3 is 2.67 bits per heavy atom. The van der Waals surface area contributed by atoms with Gasteiger partial charge in [-0.15, -0.1) is 0 Å². The summed E-state index contributed by atoms with van der Waals surface area (Å²) in [6.07, 6.45) is 3.69. The molecule has 0 atom stereocenters. The molecule has 0 saturated carbocycles. The highest BCUT2D eigenvalue weighted by atomic mass is 35.5. The molecule has 0 bridgehead atoms. The summed E-state index contributed by atoms with van der Waals surface area (Å²) >= 11 is 6.13. The van der Waals surface area contributed by atoms with Crippen molar-refractivity contribution in [2.45, 2.75) is 24.7 Å². The number of halogens is 1. The Hall–Kier alpha value is -0.570. The van der Waals surface area contributed by atoms with Crippen molar-refractivity contribution in [3.63, 3.8) is 0 Å². The Morgan fingerprint density at radius 1 is 1.28 bits per heavy atom. The molecule has 1 aromatic carbocycles. The van der Waals surface area contributed by atoms with Gasteiger partial charge in [0.2, 0.25) is 0 Å². The molecule has 2 aliphatic rings. The van der Waals surface area contributed by atoms with Gasteiger partial charge in [-0.25, -0.2) is 0 Å². The first-order valence-corrected chi connectivity index (χ1v) is 7.21. The molecule has 2 fully saturated rings. The number of hydrogen-bond acceptors (Lipinski definition) is 2. The second kappa shape index (κ2) is 5.20. The van der Waals surface area contributed by atoms with E-state index in [1.165, 1.54) is 24.8 Å². The van der Waals surface area contributed by atoms with Crippen LogP contribution in [0.2, 0.25) is 5.02 Å². The van der Waals surface area contributed by atoms with Crippen LogP contribution in [0.5, 0.6) is 0 Å². The van der Waals surface area contributed by atoms with Crippen LogP contribution in [0.25, 0.3) is 0 Å². The van der Waals surface area contributed by atoms with Crippen LogP contribution >= 0.6 is 11.6 Å². The molecule has 98 valence electrons. The Balaban J connectivity index is 1.77. The smallest absolute Gasteiger partial charge is 0.0468 e. The van der Waals surface area contributed by atoms with E-state index in [0.717, 1.165) is 37.2 Å². The summed E-state index contributed by atoms with van der Waals surface area (Å²) in [6.45, 7) is 4.04. The van der Waals surface area contributed by atoms with Crippen molar-refractivity contribution in [3.8, 4) is 0 Å². The van der Waals surface area contributed by atoms with E-state index < -0.39 is 0 Å². The van der Waals surface area contributed by atoms with Crippen LogP contribution in [-0.4, -0.2) is 26.3 Å². The van der Waals surface area contributed by atoms with Crippen molar-refractivity contribution in [2.75, 3.05) is 26.3 Å². The fraction of sp³-hybridized carbons (Fsp3) is 0.600. The molecule has 0 spiro atoms. The van der Waals surface area contributed by atoms with E-state index in [2.05, 4.69) is 23.5 Å². The predicted molar refractivity (Wildman–Crippen MR) is 74.2 cm³/mol. The first-order chi connectivity index (χ1) is 8.78. The molecule has 2 nitrogen and oxygen atoms in total. The monoisotopic (exact) mass is 265 g/mol. The van der Waals surface area contributed by atoms with Gasteiger partial charge in [0.15, 0.2) is 0 Å². The minimum atomic E-state index is 0.312. The predicted octanol–water partition coefficient (Wildman–Crippen LogP) is 3.00. The van der Waals surface area contributed by atoms with Crippen LogP contribution in [0.4, 0.5) is 0 Å². The van der Waals surface area contributed by atoms with Crippen LogP contribution < -0.4 is 5.32 Å². The van der Waals surface area contributed by atoms with Crippen LogP contribution in [0.15, 0.2) is 24.3 Å². The van der Waals surface area contributed by atoms with Gasteiger partial charge in [0.05, 0.1) is 0 Å². The van der Waals surface area contributed by atoms with Gasteiger partial charge < -0.3 is 10.1 Å². The third-order valence-electron chi connectivity index (χ3n) is 4.38. The van der Waals surface area contributed by atoms with Crippen LogP contribution in [0.1, 0.15) is 24.8 Å². The molecule has 3 rings (SSSR count). The Labute approximate surface area is 114 Å². The molecule has 2 saturated heterocycles. The fourth-order valence-corrected chi connectivity index (χ4v) is 3.40. The van der Waals surface area contributed by atoms with Gasteiger partial charge >= 0.3 is 0 Å². The quantitative estimate of drug-likeness (QED) is 0.907. The Bertz CT molecular complexity index is 411. The summed E-state index contributed by atoms with van der Waals surface area (Å²) < 4.78 is 5.45. The summed E-state index contributed by atoms with van der Waals surface area (Å²) in [5.41, 5.74) is 1.72. The van der Waals surface area contributed by atoms with Crippen LogP contribution in [-0.2, 0) is 10.2 Å². The van der Waals surface area contributed by atoms with E-state index >= 15 is 0 Å². The van der Waals surface area contributed by atoms with Gasteiger partial charge in [0.25, 0.3) is 0 Å². The van der Waals surface area contributed by atoms with Gasteiger partial charge in [-0.2, -0.15) is 0 Å². The lowest BCUT2D eigenvalue weighted by molar-refractivity contribution is 0.0501. The van der Waals surface area contributed by atoms with Gasteiger partial charge in [-0.05, 0) is 42.9 Å². The molecule has 0 unspecified atom stereocenters. The number of rotatable bonds is 3. The zero-order valence-corrected chi connectivity index (χ0v) is 11.4. The van der Waals surface area contributed by atoms with Crippen molar-refractivity contribution in [3.05, 3.63) is 34.9 Å². The molecule has 2 aliphatic heterocycles. The summed E-state index contributed by atoms with van der Waals surface area (Å²) in [4.78, 5) is 0. The minimum absolute atomic E-state index is 0.312. The average Bonchev–Trinajstić information content (AvgIpc) is 2.35. The molecule has 1 aromatic rings. The Morgan fingerprint density at radius 2 is 2.06 bits per heavy atom. The zero-order chi connectivity index (χ0) is 12.4. The standard InChI is InChI=1S/C15H20ClNO/c16-14-3-1-2-13(8-14)15(10-17-11-15)9-12-4-6-18-7-5-12/h1-3,8,12,17H,4-7,9-11H2. The molecule has 3 heteroatoms. The second-order valence-corrected chi connectivity index (χ2v) is 6.09. The molecule has 0 aromatic heterocycles. The lowest BCUT2D eigenvalue weighted by Crippen LogP contribution is -2.57. The SMILES string of the molecule is Clc1cccc(C2(CC3CCOCC3)CNC2)c1. The second-order valence-electron chi connectivity index (χ2n) is 5.65. The summed E-state index contributed by atoms with van der Waals surface area (Å²) in [5.74, 6) is 0.805. The van der Waals surface area contributed by atoms with E-state index in [9.17, 15) is 0 Å². The number of benzene rings is 1. The van der Waals surface area contributed by atoms with E-state index in [-0.39, 0.29) is 0 Å². The van der Waals surface area contributed by atoms with Crippen molar-refractivity contribution in [2.24, 2.45) is 5.92 Å². The van der Waals surface area contributed by atoms with E-state index in [0.29, 0.717) is 5.41 Å². The molecular formula is C15H20ClNO. The number of nitrogens with one attached hydrogen (secondary N) is 1. The number of ether oxygens (including phenoxy) is 1. The maximum atomic E-state index is 6.13. The maximum Gasteiger partial charge on any atom is 0.0468 e. The molecular weight excluding hydrogens is 246 g/mol. The average molecular weight is 266 g/mol. The number of hydrogen-bond donors (Lipinski definition) is 1. The van der Waals surface area contributed by atoms with Crippen molar-refractivity contribution >= 4 is 11.6 Å². The molecule has 1 N–H and O–H groups in total. The summed E-state index contributed by atoms with van der Waals surface area (Å²) in [7, 11) is 0. The van der Waals surface area contributed by atoms with Crippen LogP contribution in [0, 0.1) is 5.92 Å². The largest absolute Gasteiger partial charge is 0.381 e. The van der Waals surface area contributed by atoms with Gasteiger partial charge in [-0.1, -0.05) is 23.7 Å².